The zero-order valence-corrected chi connectivity index (χ0v) is 10.8. The van der Waals surface area contributed by atoms with E-state index in [4.69, 9.17) is 5.73 Å². The molecule has 2 saturated heterocycles. The number of rotatable bonds is 3. The Morgan fingerprint density at radius 3 is 2.53 bits per heavy atom. The molecule has 1 unspecified atom stereocenters. The molecule has 1 atom stereocenters. The fourth-order valence-corrected chi connectivity index (χ4v) is 2.60. The van der Waals surface area contributed by atoms with E-state index in [2.05, 4.69) is 16.8 Å². The molecule has 0 saturated carbocycles. The minimum absolute atomic E-state index is 0.288. The molecular formula is C12H24N4O. The number of carbonyl (C=O) groups is 1. The molecule has 2 N–H and O–H groups in total. The normalized spacial score (nSPS) is 27.6. The SMILES string of the molecule is CN1CCN(C(=O)CN2CCC(CN)C2)CC1. The van der Waals surface area contributed by atoms with Crippen LogP contribution in [0, 0.1) is 5.92 Å². The van der Waals surface area contributed by atoms with E-state index >= 15 is 0 Å². The van der Waals surface area contributed by atoms with Gasteiger partial charge >= 0.3 is 0 Å². The van der Waals surface area contributed by atoms with Gasteiger partial charge in [0.2, 0.25) is 5.91 Å². The van der Waals surface area contributed by atoms with Crippen LogP contribution < -0.4 is 5.73 Å². The first-order chi connectivity index (χ1) is 8.19. The van der Waals surface area contributed by atoms with E-state index in [0.717, 1.165) is 52.2 Å². The molecule has 2 heterocycles. The number of amides is 1. The van der Waals surface area contributed by atoms with Crippen LogP contribution in [-0.4, -0.2) is 80.0 Å². The monoisotopic (exact) mass is 240 g/mol. The molecule has 0 aromatic heterocycles. The summed E-state index contributed by atoms with van der Waals surface area (Å²) in [6, 6.07) is 0. The maximum Gasteiger partial charge on any atom is 0.236 e. The topological polar surface area (TPSA) is 52.8 Å². The van der Waals surface area contributed by atoms with Crippen LogP contribution in [0.3, 0.4) is 0 Å². The fraction of sp³-hybridized carbons (Fsp3) is 0.917. The second-order valence-corrected chi connectivity index (χ2v) is 5.31. The maximum atomic E-state index is 12.1. The Bertz CT molecular complexity index is 263. The van der Waals surface area contributed by atoms with Crippen LogP contribution in [0.2, 0.25) is 0 Å². The van der Waals surface area contributed by atoms with Crippen molar-refractivity contribution in [3.63, 3.8) is 0 Å². The Hall–Kier alpha value is -0.650. The Morgan fingerprint density at radius 1 is 1.24 bits per heavy atom. The Balaban J connectivity index is 1.74. The standard InChI is InChI=1S/C12H24N4O/c1-14-4-6-16(7-5-14)12(17)10-15-3-2-11(8-13)9-15/h11H,2-10,13H2,1H3. The molecule has 17 heavy (non-hydrogen) atoms. The second-order valence-electron chi connectivity index (χ2n) is 5.31. The average Bonchev–Trinajstić information content (AvgIpc) is 2.77. The third-order valence-electron chi connectivity index (χ3n) is 3.92. The predicted molar refractivity (Wildman–Crippen MR) is 67.7 cm³/mol. The second kappa shape index (κ2) is 5.80. The molecule has 0 radical (unpaired) electrons. The summed E-state index contributed by atoms with van der Waals surface area (Å²) in [6.45, 7) is 7.11. The van der Waals surface area contributed by atoms with Gasteiger partial charge in [0.25, 0.3) is 0 Å². The number of hydrogen-bond donors (Lipinski definition) is 1. The summed E-state index contributed by atoms with van der Waals surface area (Å²) in [5, 5.41) is 0. The van der Waals surface area contributed by atoms with Crippen molar-refractivity contribution in [2.24, 2.45) is 11.7 Å². The third kappa shape index (κ3) is 3.40. The first-order valence-corrected chi connectivity index (χ1v) is 6.58. The van der Waals surface area contributed by atoms with Crippen molar-refractivity contribution >= 4 is 5.91 Å². The molecule has 98 valence electrons. The van der Waals surface area contributed by atoms with E-state index in [1.165, 1.54) is 0 Å². The predicted octanol–water partition coefficient (Wildman–Crippen LogP) is -0.959. The van der Waals surface area contributed by atoms with Gasteiger partial charge in [-0.2, -0.15) is 0 Å². The number of likely N-dealkylation sites (N-methyl/N-ethyl adjacent to an activating group) is 1. The lowest BCUT2D eigenvalue weighted by molar-refractivity contribution is -0.133. The van der Waals surface area contributed by atoms with Crippen molar-refractivity contribution in [1.29, 1.82) is 0 Å². The van der Waals surface area contributed by atoms with E-state index in [-0.39, 0.29) is 5.91 Å². The molecule has 0 aromatic carbocycles. The van der Waals surface area contributed by atoms with Crippen molar-refractivity contribution in [3.8, 4) is 0 Å². The molecule has 1 amide bonds. The van der Waals surface area contributed by atoms with E-state index in [1.807, 2.05) is 4.90 Å². The molecule has 2 fully saturated rings. The first-order valence-electron chi connectivity index (χ1n) is 6.58. The average molecular weight is 240 g/mol. The zero-order chi connectivity index (χ0) is 12.3. The van der Waals surface area contributed by atoms with Crippen LogP contribution in [0.25, 0.3) is 0 Å². The lowest BCUT2D eigenvalue weighted by Crippen LogP contribution is -2.49. The molecule has 2 aliphatic heterocycles. The van der Waals surface area contributed by atoms with Crippen molar-refractivity contribution in [3.05, 3.63) is 0 Å². The minimum atomic E-state index is 0.288. The molecular weight excluding hydrogens is 216 g/mol. The third-order valence-corrected chi connectivity index (χ3v) is 3.92. The largest absolute Gasteiger partial charge is 0.339 e. The fourth-order valence-electron chi connectivity index (χ4n) is 2.60. The van der Waals surface area contributed by atoms with E-state index in [9.17, 15) is 4.79 Å². The number of piperazine rings is 1. The van der Waals surface area contributed by atoms with Crippen LogP contribution in [0.5, 0.6) is 0 Å². The Kier molecular flexibility index (Phi) is 4.36. The molecule has 0 spiro atoms. The lowest BCUT2D eigenvalue weighted by atomic mass is 10.1. The highest BCUT2D eigenvalue weighted by Gasteiger charge is 2.25. The summed E-state index contributed by atoms with van der Waals surface area (Å²) in [5.74, 6) is 0.881. The smallest absolute Gasteiger partial charge is 0.236 e. The molecule has 2 aliphatic rings. The number of nitrogens with zero attached hydrogens (tertiary/aromatic N) is 3. The summed E-state index contributed by atoms with van der Waals surface area (Å²) in [6.07, 6.45) is 1.15. The van der Waals surface area contributed by atoms with Gasteiger partial charge in [-0.3, -0.25) is 9.69 Å². The lowest BCUT2D eigenvalue weighted by Gasteiger charge is -2.33. The number of hydrogen-bond acceptors (Lipinski definition) is 4. The highest BCUT2D eigenvalue weighted by Crippen LogP contribution is 2.14. The number of likely N-dealkylation sites (tertiary alicyclic amines) is 1. The van der Waals surface area contributed by atoms with E-state index in [0.29, 0.717) is 12.5 Å². The van der Waals surface area contributed by atoms with Crippen molar-refractivity contribution in [2.75, 3.05) is 59.4 Å². The molecule has 0 aromatic rings. The number of carbonyl (C=O) groups excluding carboxylic acids is 1. The van der Waals surface area contributed by atoms with Gasteiger partial charge in [-0.25, -0.2) is 0 Å². The van der Waals surface area contributed by atoms with E-state index in [1.54, 1.807) is 0 Å². The molecule has 5 heteroatoms. The van der Waals surface area contributed by atoms with E-state index < -0.39 is 0 Å². The Morgan fingerprint density at radius 2 is 1.94 bits per heavy atom. The van der Waals surface area contributed by atoms with Gasteiger partial charge in [-0.1, -0.05) is 0 Å². The van der Waals surface area contributed by atoms with Crippen LogP contribution in [0.1, 0.15) is 6.42 Å². The van der Waals surface area contributed by atoms with Crippen LogP contribution >= 0.6 is 0 Å². The minimum Gasteiger partial charge on any atom is -0.339 e. The Labute approximate surface area is 104 Å². The van der Waals surface area contributed by atoms with Gasteiger partial charge in [0.1, 0.15) is 0 Å². The van der Waals surface area contributed by atoms with Gasteiger partial charge in [0.05, 0.1) is 6.54 Å². The van der Waals surface area contributed by atoms with Crippen molar-refractivity contribution in [2.45, 2.75) is 6.42 Å². The van der Waals surface area contributed by atoms with Gasteiger partial charge in [0.15, 0.2) is 0 Å². The van der Waals surface area contributed by atoms with Crippen LogP contribution in [-0.2, 0) is 4.79 Å². The summed E-state index contributed by atoms with van der Waals surface area (Å²) < 4.78 is 0. The summed E-state index contributed by atoms with van der Waals surface area (Å²) in [4.78, 5) is 18.6. The van der Waals surface area contributed by atoms with Gasteiger partial charge < -0.3 is 15.5 Å². The first kappa shape index (κ1) is 12.8. The van der Waals surface area contributed by atoms with Crippen molar-refractivity contribution < 1.29 is 4.79 Å². The van der Waals surface area contributed by atoms with Crippen LogP contribution in [0.15, 0.2) is 0 Å². The van der Waals surface area contributed by atoms with Crippen LogP contribution in [0.4, 0.5) is 0 Å². The summed E-state index contributed by atoms with van der Waals surface area (Å²) in [5.41, 5.74) is 5.66. The zero-order valence-electron chi connectivity index (χ0n) is 10.8. The van der Waals surface area contributed by atoms with Gasteiger partial charge in [-0.05, 0) is 32.5 Å². The highest BCUT2D eigenvalue weighted by molar-refractivity contribution is 5.78. The van der Waals surface area contributed by atoms with Crippen molar-refractivity contribution in [1.82, 2.24) is 14.7 Å². The molecule has 0 bridgehead atoms. The summed E-state index contributed by atoms with van der Waals surface area (Å²) in [7, 11) is 2.11. The quantitative estimate of drug-likeness (QED) is 0.690. The highest BCUT2D eigenvalue weighted by atomic mass is 16.2. The number of nitrogens with two attached hydrogens (primary N) is 1. The molecule has 0 aliphatic carbocycles. The molecule has 2 rings (SSSR count). The maximum absolute atomic E-state index is 12.1. The van der Waals surface area contributed by atoms with Gasteiger partial charge in [-0.15, -0.1) is 0 Å². The molecule has 5 nitrogen and oxygen atoms in total. The summed E-state index contributed by atoms with van der Waals surface area (Å²) >= 11 is 0. The van der Waals surface area contributed by atoms with Gasteiger partial charge in [0, 0.05) is 32.7 Å².